The summed E-state index contributed by atoms with van der Waals surface area (Å²) in [5.74, 6) is 1.56. The van der Waals surface area contributed by atoms with Gasteiger partial charge in [-0.25, -0.2) is 4.98 Å². The van der Waals surface area contributed by atoms with Crippen LogP contribution in [-0.2, 0) is 0 Å². The summed E-state index contributed by atoms with van der Waals surface area (Å²) in [6.45, 7) is 10.3. The van der Waals surface area contributed by atoms with E-state index in [-0.39, 0.29) is 0 Å². The van der Waals surface area contributed by atoms with Crippen LogP contribution in [0.25, 0.3) is 0 Å². The number of hydrogen-bond donors (Lipinski definition) is 1. The lowest BCUT2D eigenvalue weighted by Crippen LogP contribution is -2.09. The van der Waals surface area contributed by atoms with E-state index in [9.17, 15) is 0 Å². The van der Waals surface area contributed by atoms with E-state index in [1.54, 1.807) is 6.07 Å². The van der Waals surface area contributed by atoms with E-state index in [1.807, 2.05) is 12.1 Å². The summed E-state index contributed by atoms with van der Waals surface area (Å²) in [7, 11) is 0. The van der Waals surface area contributed by atoms with Crippen LogP contribution in [0.5, 0.6) is 0 Å². The summed E-state index contributed by atoms with van der Waals surface area (Å²) in [6, 6.07) is 5.66. The van der Waals surface area contributed by atoms with Crippen LogP contribution < -0.4 is 5.32 Å². The minimum Gasteiger partial charge on any atom is -0.370 e. The molecule has 1 aromatic heterocycles. The van der Waals surface area contributed by atoms with E-state index in [1.165, 1.54) is 0 Å². The highest BCUT2D eigenvalue weighted by molar-refractivity contribution is 6.29. The number of rotatable bonds is 3. The molecule has 0 amide bonds. The molecule has 1 aromatic rings. The Morgan fingerprint density at radius 2 is 1.88 bits per heavy atom. The highest BCUT2D eigenvalue weighted by atomic mass is 35.5. The average molecular weight is 239 g/mol. The van der Waals surface area contributed by atoms with Crippen LogP contribution in [0.2, 0.25) is 5.15 Å². The number of hydrogen-bond acceptors (Lipinski definition) is 2. The number of pyridine rings is 1. The first kappa shape index (κ1) is 11.7. The fourth-order valence-electron chi connectivity index (χ4n) is 2.56. The van der Waals surface area contributed by atoms with Crippen LogP contribution in [-0.4, -0.2) is 11.5 Å². The number of nitrogens with one attached hydrogen (secondary N) is 1. The smallest absolute Gasteiger partial charge is 0.131 e. The van der Waals surface area contributed by atoms with Crippen molar-refractivity contribution in [1.29, 1.82) is 0 Å². The van der Waals surface area contributed by atoms with Gasteiger partial charge >= 0.3 is 0 Å². The fraction of sp³-hybridized carbons (Fsp3) is 0.615. The van der Waals surface area contributed by atoms with Crippen molar-refractivity contribution < 1.29 is 0 Å². The normalized spacial score (nSPS) is 21.8. The molecule has 0 spiro atoms. The van der Waals surface area contributed by atoms with Gasteiger partial charge in [0.25, 0.3) is 0 Å². The van der Waals surface area contributed by atoms with Crippen LogP contribution in [0.3, 0.4) is 0 Å². The van der Waals surface area contributed by atoms with E-state index in [2.05, 4.69) is 38.0 Å². The Bertz CT molecular complexity index is 385. The molecule has 1 saturated carbocycles. The highest BCUT2D eigenvalue weighted by Gasteiger charge is 2.64. The van der Waals surface area contributed by atoms with E-state index >= 15 is 0 Å². The van der Waals surface area contributed by atoms with Gasteiger partial charge in [-0.15, -0.1) is 0 Å². The first-order valence-corrected chi connectivity index (χ1v) is 6.10. The van der Waals surface area contributed by atoms with Gasteiger partial charge in [-0.1, -0.05) is 45.4 Å². The third-order valence-corrected chi connectivity index (χ3v) is 4.73. The van der Waals surface area contributed by atoms with Crippen LogP contribution in [0, 0.1) is 16.7 Å². The van der Waals surface area contributed by atoms with Gasteiger partial charge in [0.2, 0.25) is 0 Å². The molecule has 1 heterocycles. The summed E-state index contributed by atoms with van der Waals surface area (Å²) < 4.78 is 0. The monoisotopic (exact) mass is 238 g/mol. The van der Waals surface area contributed by atoms with E-state index < -0.39 is 0 Å². The molecule has 16 heavy (non-hydrogen) atoms. The standard InChI is InChI=1S/C13H19ClN2/c1-12(2)9(13(12,3)4)8-15-11-7-5-6-10(14)16-11/h5-7,9H,8H2,1-4H3,(H,15,16). The SMILES string of the molecule is CC1(C)C(CNc2cccc(Cl)n2)C1(C)C. The Morgan fingerprint density at radius 1 is 1.25 bits per heavy atom. The molecule has 0 saturated heterocycles. The van der Waals surface area contributed by atoms with Crippen molar-refractivity contribution in [2.24, 2.45) is 16.7 Å². The molecule has 2 rings (SSSR count). The zero-order valence-electron chi connectivity index (χ0n) is 10.3. The lowest BCUT2D eigenvalue weighted by Gasteiger charge is -2.06. The second-order valence-electron chi connectivity index (χ2n) is 5.72. The summed E-state index contributed by atoms with van der Waals surface area (Å²) >= 11 is 5.84. The quantitative estimate of drug-likeness (QED) is 0.810. The van der Waals surface area contributed by atoms with Gasteiger partial charge in [0, 0.05) is 6.54 Å². The summed E-state index contributed by atoms with van der Waals surface area (Å²) in [5.41, 5.74) is 0.831. The Hall–Kier alpha value is -0.760. The Kier molecular flexibility index (Phi) is 2.66. The molecule has 2 nitrogen and oxygen atoms in total. The summed E-state index contributed by atoms with van der Waals surface area (Å²) in [5, 5.41) is 3.90. The zero-order chi connectivity index (χ0) is 12.0. The Labute approximate surface area is 102 Å². The first-order chi connectivity index (χ1) is 7.35. The lowest BCUT2D eigenvalue weighted by atomic mass is 10.0. The van der Waals surface area contributed by atoms with Crippen LogP contribution in [0.15, 0.2) is 18.2 Å². The van der Waals surface area contributed by atoms with Gasteiger partial charge in [-0.2, -0.15) is 0 Å². The molecule has 0 bridgehead atoms. The minimum atomic E-state index is 0.415. The van der Waals surface area contributed by atoms with Crippen molar-refractivity contribution in [1.82, 2.24) is 4.98 Å². The minimum absolute atomic E-state index is 0.415. The van der Waals surface area contributed by atoms with Crippen molar-refractivity contribution >= 4 is 17.4 Å². The molecule has 1 aliphatic carbocycles. The fourth-order valence-corrected chi connectivity index (χ4v) is 2.72. The average Bonchev–Trinajstić information content (AvgIpc) is 2.55. The molecule has 88 valence electrons. The largest absolute Gasteiger partial charge is 0.370 e. The molecule has 0 atom stereocenters. The molecule has 0 aromatic carbocycles. The second-order valence-corrected chi connectivity index (χ2v) is 6.11. The second kappa shape index (κ2) is 3.63. The van der Waals surface area contributed by atoms with Crippen molar-refractivity contribution in [2.45, 2.75) is 27.7 Å². The molecule has 0 unspecified atom stereocenters. The number of aromatic nitrogens is 1. The predicted molar refractivity (Wildman–Crippen MR) is 68.8 cm³/mol. The van der Waals surface area contributed by atoms with E-state index in [4.69, 9.17) is 11.6 Å². The first-order valence-electron chi connectivity index (χ1n) is 5.72. The van der Waals surface area contributed by atoms with E-state index in [0.717, 1.165) is 12.4 Å². The third-order valence-electron chi connectivity index (χ3n) is 4.52. The molecule has 1 N–H and O–H groups in total. The molecular formula is C13H19ClN2. The summed E-state index contributed by atoms with van der Waals surface area (Å²) in [4.78, 5) is 4.22. The maximum absolute atomic E-state index is 5.84. The number of anilines is 1. The van der Waals surface area contributed by atoms with Crippen molar-refractivity contribution in [3.63, 3.8) is 0 Å². The van der Waals surface area contributed by atoms with Crippen LogP contribution in [0.1, 0.15) is 27.7 Å². The molecular weight excluding hydrogens is 220 g/mol. The van der Waals surface area contributed by atoms with Crippen molar-refractivity contribution in [3.05, 3.63) is 23.4 Å². The van der Waals surface area contributed by atoms with Gasteiger partial charge in [0.1, 0.15) is 11.0 Å². The summed E-state index contributed by atoms with van der Waals surface area (Å²) in [6.07, 6.45) is 0. The van der Waals surface area contributed by atoms with Crippen molar-refractivity contribution in [2.75, 3.05) is 11.9 Å². The molecule has 0 aliphatic heterocycles. The predicted octanol–water partition coefficient (Wildman–Crippen LogP) is 3.83. The maximum atomic E-state index is 5.84. The van der Waals surface area contributed by atoms with Gasteiger partial charge in [0.15, 0.2) is 0 Å². The van der Waals surface area contributed by atoms with Crippen LogP contribution >= 0.6 is 11.6 Å². The van der Waals surface area contributed by atoms with Gasteiger partial charge in [-0.05, 0) is 28.9 Å². The maximum Gasteiger partial charge on any atom is 0.131 e. The van der Waals surface area contributed by atoms with Gasteiger partial charge in [0.05, 0.1) is 0 Å². The van der Waals surface area contributed by atoms with Crippen molar-refractivity contribution in [3.8, 4) is 0 Å². The van der Waals surface area contributed by atoms with Crippen LogP contribution in [0.4, 0.5) is 5.82 Å². The Balaban J connectivity index is 1.95. The molecule has 0 radical (unpaired) electrons. The van der Waals surface area contributed by atoms with E-state index in [0.29, 0.717) is 21.9 Å². The topological polar surface area (TPSA) is 24.9 Å². The number of halogens is 1. The highest BCUT2D eigenvalue weighted by Crippen LogP contribution is 2.68. The molecule has 1 aliphatic rings. The number of nitrogens with zero attached hydrogens (tertiary/aromatic N) is 1. The lowest BCUT2D eigenvalue weighted by molar-refractivity contribution is 0.457. The van der Waals surface area contributed by atoms with Gasteiger partial charge in [-0.3, -0.25) is 0 Å². The van der Waals surface area contributed by atoms with Gasteiger partial charge < -0.3 is 5.32 Å². The molecule has 1 fully saturated rings. The Morgan fingerprint density at radius 3 is 2.38 bits per heavy atom. The molecule has 3 heteroatoms. The zero-order valence-corrected chi connectivity index (χ0v) is 11.1. The third kappa shape index (κ3) is 1.80.